The molecule has 2 aromatic rings. The van der Waals surface area contributed by atoms with Crippen molar-refractivity contribution >= 4 is 28.8 Å². The second kappa shape index (κ2) is 3.97. The number of H-pyrrole nitrogens is 1. The zero-order chi connectivity index (χ0) is 11.7. The van der Waals surface area contributed by atoms with Crippen LogP contribution in [0.25, 0.3) is 10.9 Å². The summed E-state index contributed by atoms with van der Waals surface area (Å²) < 4.78 is 0.398. The molecule has 0 bridgehead atoms. The average molecular weight is 235 g/mol. The van der Waals surface area contributed by atoms with Gasteiger partial charge in [0.2, 0.25) is 0 Å². The van der Waals surface area contributed by atoms with Crippen LogP contribution < -0.4 is 0 Å². The number of nitro groups is 1. The van der Waals surface area contributed by atoms with E-state index in [1.54, 1.807) is 6.07 Å². The fraction of sp³-hybridized carbons (Fsp3) is 0.200. The molecule has 1 N–H and O–H groups in total. The summed E-state index contributed by atoms with van der Waals surface area (Å²) in [6.45, 7) is 1.96. The molecule has 16 heavy (non-hydrogen) atoms. The van der Waals surface area contributed by atoms with Crippen molar-refractivity contribution in [2.45, 2.75) is 13.3 Å². The summed E-state index contributed by atoms with van der Waals surface area (Å²) in [6, 6.07) is 4.55. The van der Waals surface area contributed by atoms with Crippen LogP contribution in [0.1, 0.15) is 12.7 Å². The molecule has 2 rings (SSSR count). The van der Waals surface area contributed by atoms with E-state index in [0.29, 0.717) is 10.0 Å². The molecule has 82 valence electrons. The Hall–Kier alpha value is -1.82. The quantitative estimate of drug-likeness (QED) is 0.493. The SMILES string of the molecule is CCc1nc(=S)c2cc([N+](=O)[O-])ccc2[nH]1. The summed E-state index contributed by atoms with van der Waals surface area (Å²) in [5, 5.41) is 11.2. The van der Waals surface area contributed by atoms with E-state index >= 15 is 0 Å². The van der Waals surface area contributed by atoms with E-state index in [1.165, 1.54) is 12.1 Å². The fourth-order valence-electron chi connectivity index (χ4n) is 1.47. The number of aromatic amines is 1. The van der Waals surface area contributed by atoms with E-state index in [4.69, 9.17) is 12.2 Å². The minimum atomic E-state index is -0.443. The number of fused-ring (bicyclic) bond motifs is 1. The molecule has 0 atom stereocenters. The fourth-order valence-corrected chi connectivity index (χ4v) is 1.74. The number of aryl methyl sites for hydroxylation is 1. The number of benzene rings is 1. The number of hydrogen-bond donors (Lipinski definition) is 1. The van der Waals surface area contributed by atoms with Gasteiger partial charge in [0.15, 0.2) is 0 Å². The zero-order valence-electron chi connectivity index (χ0n) is 8.56. The summed E-state index contributed by atoms with van der Waals surface area (Å²) in [5.74, 6) is 0.784. The number of hydrogen-bond acceptors (Lipinski definition) is 4. The van der Waals surface area contributed by atoms with Gasteiger partial charge in [0.1, 0.15) is 10.5 Å². The Morgan fingerprint density at radius 2 is 2.31 bits per heavy atom. The van der Waals surface area contributed by atoms with Crippen LogP contribution in [0.4, 0.5) is 5.69 Å². The van der Waals surface area contributed by atoms with E-state index in [2.05, 4.69) is 9.97 Å². The lowest BCUT2D eigenvalue weighted by Gasteiger charge is -2.01. The largest absolute Gasteiger partial charge is 0.343 e. The second-order valence-electron chi connectivity index (χ2n) is 3.33. The molecule has 0 spiro atoms. The average Bonchev–Trinajstić information content (AvgIpc) is 2.28. The third kappa shape index (κ3) is 1.79. The Morgan fingerprint density at radius 3 is 2.94 bits per heavy atom. The van der Waals surface area contributed by atoms with Gasteiger partial charge >= 0.3 is 0 Å². The summed E-state index contributed by atoms with van der Waals surface area (Å²) in [4.78, 5) is 17.4. The Morgan fingerprint density at radius 1 is 1.56 bits per heavy atom. The predicted octanol–water partition coefficient (Wildman–Crippen LogP) is 2.76. The van der Waals surface area contributed by atoms with E-state index in [1.807, 2.05) is 6.92 Å². The minimum Gasteiger partial charge on any atom is -0.343 e. The minimum absolute atomic E-state index is 0.0260. The molecular weight excluding hydrogens is 226 g/mol. The number of nitro benzene ring substituents is 1. The lowest BCUT2D eigenvalue weighted by Crippen LogP contribution is -1.95. The Labute approximate surface area is 96.3 Å². The highest BCUT2D eigenvalue weighted by molar-refractivity contribution is 7.71. The number of non-ortho nitro benzene ring substituents is 1. The first kappa shape index (κ1) is 10.7. The van der Waals surface area contributed by atoms with Gasteiger partial charge in [-0.3, -0.25) is 10.1 Å². The number of rotatable bonds is 2. The topological polar surface area (TPSA) is 71.8 Å². The lowest BCUT2D eigenvalue weighted by molar-refractivity contribution is -0.384. The first-order valence-electron chi connectivity index (χ1n) is 4.79. The van der Waals surface area contributed by atoms with Crippen LogP contribution in [0.3, 0.4) is 0 Å². The molecule has 1 heterocycles. The summed E-state index contributed by atoms with van der Waals surface area (Å²) in [7, 11) is 0. The molecule has 0 aliphatic heterocycles. The van der Waals surface area contributed by atoms with E-state index < -0.39 is 4.92 Å². The molecule has 0 amide bonds. The van der Waals surface area contributed by atoms with Crippen LogP contribution in [0.15, 0.2) is 18.2 Å². The smallest absolute Gasteiger partial charge is 0.270 e. The van der Waals surface area contributed by atoms with E-state index in [-0.39, 0.29) is 5.69 Å². The molecule has 0 fully saturated rings. The van der Waals surface area contributed by atoms with E-state index in [0.717, 1.165) is 17.8 Å². The van der Waals surface area contributed by atoms with Crippen molar-refractivity contribution in [3.63, 3.8) is 0 Å². The van der Waals surface area contributed by atoms with Crippen molar-refractivity contribution in [3.05, 3.63) is 38.8 Å². The maximum Gasteiger partial charge on any atom is 0.270 e. The Balaban J connectivity index is 2.75. The molecule has 1 aromatic carbocycles. The van der Waals surface area contributed by atoms with Gasteiger partial charge in [-0.25, -0.2) is 4.98 Å². The Kier molecular flexibility index (Phi) is 2.66. The van der Waals surface area contributed by atoms with Gasteiger partial charge in [-0.2, -0.15) is 0 Å². The van der Waals surface area contributed by atoms with Gasteiger partial charge < -0.3 is 4.98 Å². The molecule has 6 heteroatoms. The van der Waals surface area contributed by atoms with Crippen molar-refractivity contribution in [2.75, 3.05) is 0 Å². The standard InChI is InChI=1S/C10H9N3O2S/c1-2-9-11-8-4-3-6(13(14)15)5-7(8)10(16)12-9/h3-5H,2H2,1H3,(H,11,12,16). The highest BCUT2D eigenvalue weighted by Gasteiger charge is 2.08. The van der Waals surface area contributed by atoms with Gasteiger partial charge in [-0.15, -0.1) is 0 Å². The molecule has 0 unspecified atom stereocenters. The predicted molar refractivity (Wildman–Crippen MR) is 63.0 cm³/mol. The molecule has 1 aromatic heterocycles. The summed E-state index contributed by atoms with van der Waals surface area (Å²) in [5.41, 5.74) is 0.806. The van der Waals surface area contributed by atoms with Crippen molar-refractivity contribution in [3.8, 4) is 0 Å². The van der Waals surface area contributed by atoms with Crippen LogP contribution in [0.2, 0.25) is 0 Å². The van der Waals surface area contributed by atoms with Crippen molar-refractivity contribution in [1.29, 1.82) is 0 Å². The molecule has 0 saturated carbocycles. The number of nitrogens with one attached hydrogen (secondary N) is 1. The second-order valence-corrected chi connectivity index (χ2v) is 3.72. The normalized spacial score (nSPS) is 10.6. The van der Waals surface area contributed by atoms with Crippen LogP contribution in [-0.4, -0.2) is 14.9 Å². The zero-order valence-corrected chi connectivity index (χ0v) is 9.37. The third-order valence-electron chi connectivity index (χ3n) is 2.29. The van der Waals surface area contributed by atoms with Gasteiger partial charge in [-0.1, -0.05) is 19.1 Å². The van der Waals surface area contributed by atoms with Crippen molar-refractivity contribution in [2.24, 2.45) is 0 Å². The van der Waals surface area contributed by atoms with Gasteiger partial charge in [0.05, 0.1) is 10.4 Å². The van der Waals surface area contributed by atoms with Gasteiger partial charge in [-0.05, 0) is 6.07 Å². The van der Waals surface area contributed by atoms with Gasteiger partial charge in [0.25, 0.3) is 5.69 Å². The first-order chi connectivity index (χ1) is 7.61. The lowest BCUT2D eigenvalue weighted by atomic mass is 10.2. The van der Waals surface area contributed by atoms with Crippen molar-refractivity contribution in [1.82, 2.24) is 9.97 Å². The van der Waals surface area contributed by atoms with Crippen LogP contribution >= 0.6 is 12.2 Å². The number of aromatic nitrogens is 2. The molecule has 0 saturated heterocycles. The van der Waals surface area contributed by atoms with Crippen LogP contribution in [-0.2, 0) is 6.42 Å². The summed E-state index contributed by atoms with van der Waals surface area (Å²) in [6.07, 6.45) is 0.747. The highest BCUT2D eigenvalue weighted by Crippen LogP contribution is 2.19. The van der Waals surface area contributed by atoms with Crippen LogP contribution in [0.5, 0.6) is 0 Å². The Bertz CT molecular complexity index is 621. The van der Waals surface area contributed by atoms with Crippen molar-refractivity contribution < 1.29 is 4.92 Å². The maximum absolute atomic E-state index is 10.6. The third-order valence-corrected chi connectivity index (χ3v) is 2.61. The van der Waals surface area contributed by atoms with E-state index in [9.17, 15) is 10.1 Å². The molecule has 5 nitrogen and oxygen atoms in total. The highest BCUT2D eigenvalue weighted by atomic mass is 32.1. The monoisotopic (exact) mass is 235 g/mol. The first-order valence-corrected chi connectivity index (χ1v) is 5.20. The summed E-state index contributed by atoms with van der Waals surface area (Å²) >= 11 is 5.10. The molecular formula is C10H9N3O2S. The molecule has 0 aliphatic carbocycles. The maximum atomic E-state index is 10.6. The molecule has 0 radical (unpaired) electrons. The number of nitrogens with zero attached hydrogens (tertiary/aromatic N) is 2. The molecule has 0 aliphatic rings. The van der Waals surface area contributed by atoms with Crippen LogP contribution in [0, 0.1) is 14.8 Å². The van der Waals surface area contributed by atoms with Gasteiger partial charge in [0, 0.05) is 23.9 Å².